The van der Waals surface area contributed by atoms with Gasteiger partial charge in [0.1, 0.15) is 0 Å². The van der Waals surface area contributed by atoms with E-state index in [2.05, 4.69) is 5.10 Å². The predicted octanol–water partition coefficient (Wildman–Crippen LogP) is 4.26. The fourth-order valence-corrected chi connectivity index (χ4v) is 4.36. The van der Waals surface area contributed by atoms with Crippen LogP contribution in [0, 0.1) is 18.3 Å². The lowest BCUT2D eigenvalue weighted by atomic mass is 9.93. The Bertz CT molecular complexity index is 1680. The lowest BCUT2D eigenvalue weighted by Crippen LogP contribution is -2.41. The van der Waals surface area contributed by atoms with E-state index in [9.17, 15) is 28.0 Å². The number of hydrogen-bond donors (Lipinski definition) is 1. The highest BCUT2D eigenvalue weighted by Crippen LogP contribution is 2.34. The van der Waals surface area contributed by atoms with Gasteiger partial charge in [0.15, 0.2) is 0 Å². The first-order valence-corrected chi connectivity index (χ1v) is 11.7. The Hall–Kier alpha value is -4.43. The number of halogens is 3. The molecule has 0 radical (unpaired) electrons. The van der Waals surface area contributed by atoms with E-state index in [1.54, 1.807) is 45.0 Å². The maximum absolute atomic E-state index is 13.8. The highest BCUT2D eigenvalue weighted by molar-refractivity contribution is 5.69. The van der Waals surface area contributed by atoms with Crippen molar-refractivity contribution in [2.75, 3.05) is 0 Å². The number of benzene rings is 2. The molecule has 0 aliphatic heterocycles. The molecule has 0 atom stereocenters. The fraction of sp³-hybridized carbons (Fsp3) is 0.259. The molecule has 0 saturated carbocycles. The van der Waals surface area contributed by atoms with Crippen molar-refractivity contribution in [3.8, 4) is 28.7 Å². The maximum Gasteiger partial charge on any atom is 0.416 e. The average Bonchev–Trinajstić information content (AvgIpc) is 3.29. The molecule has 0 saturated heterocycles. The van der Waals surface area contributed by atoms with Crippen molar-refractivity contribution in [3.05, 3.63) is 98.0 Å². The summed E-state index contributed by atoms with van der Waals surface area (Å²) in [4.78, 5) is 27.2. The molecule has 196 valence electrons. The average molecular weight is 523 g/mol. The molecular weight excluding hydrogens is 497 g/mol. The minimum absolute atomic E-state index is 0.0176. The first kappa shape index (κ1) is 26.6. The van der Waals surface area contributed by atoms with Crippen LogP contribution in [0.2, 0.25) is 0 Å². The third kappa shape index (κ3) is 4.54. The number of hydrogen-bond acceptors (Lipinski definition) is 5. The van der Waals surface area contributed by atoms with Crippen LogP contribution in [0.3, 0.4) is 0 Å². The molecule has 0 spiro atoms. The minimum Gasteiger partial charge on any atom is -0.322 e. The second kappa shape index (κ2) is 9.46. The van der Waals surface area contributed by atoms with Gasteiger partial charge < -0.3 is 5.73 Å². The summed E-state index contributed by atoms with van der Waals surface area (Å²) >= 11 is 0. The van der Waals surface area contributed by atoms with Gasteiger partial charge in [-0.2, -0.15) is 23.5 Å². The molecule has 0 bridgehead atoms. The van der Waals surface area contributed by atoms with E-state index >= 15 is 0 Å². The Kier molecular flexibility index (Phi) is 6.63. The van der Waals surface area contributed by atoms with Crippen LogP contribution in [0.25, 0.3) is 22.6 Å². The van der Waals surface area contributed by atoms with Crippen molar-refractivity contribution in [2.24, 2.45) is 5.73 Å². The van der Waals surface area contributed by atoms with E-state index in [1.807, 2.05) is 6.07 Å². The molecule has 0 aliphatic rings. The standard InChI is InChI=1S/C27H25F3N6O2/c1-5-34-24(37)22(16(2)35(25(34)38)20-8-6-7-18(13-20)27(28,29)30)23-21(26(3,4)32)15-33-36(23)19-11-9-17(14-31)10-12-19/h6-13,15H,5,32H2,1-4H3. The van der Waals surface area contributed by atoms with Gasteiger partial charge >= 0.3 is 11.9 Å². The van der Waals surface area contributed by atoms with Gasteiger partial charge in [-0.3, -0.25) is 13.9 Å². The van der Waals surface area contributed by atoms with Gasteiger partial charge in [-0.15, -0.1) is 0 Å². The Labute approximate surface area is 216 Å². The van der Waals surface area contributed by atoms with E-state index in [1.165, 1.54) is 29.9 Å². The van der Waals surface area contributed by atoms with Gasteiger partial charge in [0.25, 0.3) is 5.56 Å². The van der Waals surface area contributed by atoms with Crippen molar-refractivity contribution < 1.29 is 13.2 Å². The van der Waals surface area contributed by atoms with Gasteiger partial charge in [0.2, 0.25) is 0 Å². The summed E-state index contributed by atoms with van der Waals surface area (Å²) in [6, 6.07) is 12.9. The van der Waals surface area contributed by atoms with E-state index in [0.717, 1.165) is 21.3 Å². The van der Waals surface area contributed by atoms with Crippen LogP contribution in [0.1, 0.15) is 43.2 Å². The molecule has 0 fully saturated rings. The summed E-state index contributed by atoms with van der Waals surface area (Å²) in [5.41, 5.74) is 5.04. The normalized spacial score (nSPS) is 12.0. The van der Waals surface area contributed by atoms with Crippen molar-refractivity contribution in [1.29, 1.82) is 5.26 Å². The molecule has 0 unspecified atom stereocenters. The Morgan fingerprint density at radius 1 is 1.05 bits per heavy atom. The van der Waals surface area contributed by atoms with Crippen LogP contribution >= 0.6 is 0 Å². The molecule has 4 aromatic rings. The summed E-state index contributed by atoms with van der Waals surface area (Å²) in [6.07, 6.45) is -3.11. The zero-order valence-electron chi connectivity index (χ0n) is 21.2. The smallest absolute Gasteiger partial charge is 0.322 e. The number of nitrogens with zero attached hydrogens (tertiary/aromatic N) is 5. The van der Waals surface area contributed by atoms with Gasteiger partial charge in [-0.05, 0) is 70.2 Å². The Morgan fingerprint density at radius 3 is 2.26 bits per heavy atom. The minimum atomic E-state index is -4.62. The first-order valence-electron chi connectivity index (χ1n) is 11.7. The van der Waals surface area contributed by atoms with Crippen molar-refractivity contribution >= 4 is 0 Å². The van der Waals surface area contributed by atoms with Gasteiger partial charge in [-0.25, -0.2) is 9.48 Å². The summed E-state index contributed by atoms with van der Waals surface area (Å²) in [5.74, 6) is 0. The van der Waals surface area contributed by atoms with Crippen LogP contribution < -0.4 is 17.0 Å². The summed E-state index contributed by atoms with van der Waals surface area (Å²) in [5, 5.41) is 13.6. The van der Waals surface area contributed by atoms with Gasteiger partial charge in [-0.1, -0.05) is 6.07 Å². The predicted molar refractivity (Wildman–Crippen MR) is 136 cm³/mol. The first-order chi connectivity index (χ1) is 17.8. The van der Waals surface area contributed by atoms with Crippen LogP contribution in [0.5, 0.6) is 0 Å². The second-order valence-electron chi connectivity index (χ2n) is 9.37. The molecule has 2 aromatic carbocycles. The summed E-state index contributed by atoms with van der Waals surface area (Å²) in [6.45, 7) is 6.54. The van der Waals surface area contributed by atoms with E-state index in [0.29, 0.717) is 22.5 Å². The molecule has 38 heavy (non-hydrogen) atoms. The highest BCUT2D eigenvalue weighted by atomic mass is 19.4. The topological polar surface area (TPSA) is 112 Å². The van der Waals surface area contributed by atoms with Crippen LogP contribution in [0.15, 0.2) is 64.3 Å². The largest absolute Gasteiger partial charge is 0.416 e. The highest BCUT2D eigenvalue weighted by Gasteiger charge is 2.32. The second-order valence-corrected chi connectivity index (χ2v) is 9.37. The molecular formula is C27H25F3N6O2. The third-order valence-corrected chi connectivity index (χ3v) is 6.27. The van der Waals surface area contributed by atoms with Gasteiger partial charge in [0.05, 0.1) is 46.0 Å². The van der Waals surface area contributed by atoms with E-state index in [-0.39, 0.29) is 23.5 Å². The maximum atomic E-state index is 13.8. The quantitative estimate of drug-likeness (QED) is 0.421. The molecule has 2 heterocycles. The van der Waals surface area contributed by atoms with Crippen molar-refractivity contribution in [1.82, 2.24) is 18.9 Å². The molecule has 4 rings (SSSR count). The molecule has 11 heteroatoms. The number of nitrogens with two attached hydrogens (primary N) is 1. The lowest BCUT2D eigenvalue weighted by Gasteiger charge is -2.23. The molecule has 2 N–H and O–H groups in total. The number of nitriles is 1. The fourth-order valence-electron chi connectivity index (χ4n) is 4.36. The SMILES string of the molecule is CCn1c(=O)c(-c2c(C(C)(C)N)cnn2-c2ccc(C#N)cc2)c(C)n(-c2cccc(C(F)(F)F)c2)c1=O. The summed E-state index contributed by atoms with van der Waals surface area (Å²) in [7, 11) is 0. The van der Waals surface area contributed by atoms with Crippen molar-refractivity contribution in [3.63, 3.8) is 0 Å². The Balaban J connectivity index is 2.13. The number of rotatable bonds is 5. The molecule has 0 aliphatic carbocycles. The monoisotopic (exact) mass is 522 g/mol. The van der Waals surface area contributed by atoms with Crippen LogP contribution in [-0.4, -0.2) is 18.9 Å². The lowest BCUT2D eigenvalue weighted by molar-refractivity contribution is -0.137. The molecule has 8 nitrogen and oxygen atoms in total. The van der Waals surface area contributed by atoms with E-state index in [4.69, 9.17) is 5.73 Å². The number of alkyl halides is 3. The van der Waals surface area contributed by atoms with E-state index < -0.39 is 28.5 Å². The zero-order chi connectivity index (χ0) is 28.0. The van der Waals surface area contributed by atoms with Gasteiger partial charge in [0, 0.05) is 23.3 Å². The molecule has 2 aromatic heterocycles. The van der Waals surface area contributed by atoms with Crippen LogP contribution in [0.4, 0.5) is 13.2 Å². The van der Waals surface area contributed by atoms with Crippen LogP contribution in [-0.2, 0) is 18.3 Å². The number of aromatic nitrogens is 4. The summed E-state index contributed by atoms with van der Waals surface area (Å²) < 4.78 is 44.0. The zero-order valence-corrected chi connectivity index (χ0v) is 21.2. The Morgan fingerprint density at radius 2 is 1.71 bits per heavy atom. The molecule has 0 amide bonds. The van der Waals surface area contributed by atoms with Crippen molar-refractivity contribution in [2.45, 2.75) is 46.0 Å². The third-order valence-electron chi connectivity index (χ3n) is 6.27.